The number of aromatic nitrogens is 1. The molecule has 2 aliphatic rings. The van der Waals surface area contributed by atoms with Crippen molar-refractivity contribution in [3.05, 3.63) is 18.3 Å². The first kappa shape index (κ1) is 9.90. The Hall–Kier alpha value is -1.29. The summed E-state index contributed by atoms with van der Waals surface area (Å²) in [6.07, 6.45) is 5.66. The van der Waals surface area contributed by atoms with Crippen LogP contribution in [-0.4, -0.2) is 28.3 Å². The average molecular weight is 219 g/mol. The third kappa shape index (κ3) is 1.45. The van der Waals surface area contributed by atoms with E-state index in [-0.39, 0.29) is 6.10 Å². The number of pyridine rings is 1. The maximum absolute atomic E-state index is 9.75. The van der Waals surface area contributed by atoms with Crippen molar-refractivity contribution in [3.63, 3.8) is 0 Å². The molecule has 2 saturated heterocycles. The Kier molecular flexibility index (Phi) is 2.24. The summed E-state index contributed by atoms with van der Waals surface area (Å²) in [4.78, 5) is 6.71. The van der Waals surface area contributed by atoms with E-state index < -0.39 is 0 Å². The van der Waals surface area contributed by atoms with Crippen LogP contribution in [-0.2, 0) is 0 Å². The Morgan fingerprint density at radius 1 is 1.31 bits per heavy atom. The molecular weight excluding hydrogens is 202 g/mol. The van der Waals surface area contributed by atoms with Gasteiger partial charge in [0.1, 0.15) is 0 Å². The fraction of sp³-hybridized carbons (Fsp3) is 0.583. The van der Waals surface area contributed by atoms with Crippen LogP contribution in [0, 0.1) is 0 Å². The van der Waals surface area contributed by atoms with E-state index in [9.17, 15) is 5.11 Å². The van der Waals surface area contributed by atoms with Gasteiger partial charge in [-0.2, -0.15) is 0 Å². The zero-order chi connectivity index (χ0) is 11.1. The van der Waals surface area contributed by atoms with Gasteiger partial charge in [-0.3, -0.25) is 0 Å². The van der Waals surface area contributed by atoms with Gasteiger partial charge in [-0.05, 0) is 37.8 Å². The number of nitrogens with two attached hydrogens (primary N) is 1. The molecule has 0 spiro atoms. The third-order valence-electron chi connectivity index (χ3n) is 3.77. The fourth-order valence-corrected chi connectivity index (χ4v) is 3.12. The minimum Gasteiger partial charge on any atom is -0.396 e. The van der Waals surface area contributed by atoms with E-state index in [2.05, 4.69) is 9.88 Å². The molecule has 2 bridgehead atoms. The van der Waals surface area contributed by atoms with Gasteiger partial charge >= 0.3 is 0 Å². The van der Waals surface area contributed by atoms with Gasteiger partial charge in [-0.1, -0.05) is 0 Å². The molecule has 16 heavy (non-hydrogen) atoms. The molecule has 1 aromatic heterocycles. The highest BCUT2D eigenvalue weighted by molar-refractivity contribution is 5.64. The molecule has 4 heteroatoms. The van der Waals surface area contributed by atoms with E-state index in [1.807, 2.05) is 12.1 Å². The van der Waals surface area contributed by atoms with Crippen molar-refractivity contribution in [3.8, 4) is 0 Å². The normalized spacial score (nSPS) is 33.1. The number of nitrogens with zero attached hydrogens (tertiary/aromatic N) is 2. The van der Waals surface area contributed by atoms with Gasteiger partial charge in [0, 0.05) is 18.3 Å². The van der Waals surface area contributed by atoms with Gasteiger partial charge in [-0.25, -0.2) is 4.98 Å². The van der Waals surface area contributed by atoms with E-state index >= 15 is 0 Å². The summed E-state index contributed by atoms with van der Waals surface area (Å²) in [7, 11) is 0. The van der Waals surface area contributed by atoms with E-state index in [0.717, 1.165) is 37.2 Å². The van der Waals surface area contributed by atoms with Crippen molar-refractivity contribution in [1.29, 1.82) is 0 Å². The number of hydrogen-bond donors (Lipinski definition) is 2. The number of hydrogen-bond acceptors (Lipinski definition) is 4. The summed E-state index contributed by atoms with van der Waals surface area (Å²) in [6.45, 7) is 0. The molecule has 2 atom stereocenters. The van der Waals surface area contributed by atoms with Crippen molar-refractivity contribution >= 4 is 11.5 Å². The lowest BCUT2D eigenvalue weighted by molar-refractivity contribution is 0.126. The first-order valence-electron chi connectivity index (χ1n) is 5.92. The number of aliphatic hydroxyl groups is 1. The second-order valence-corrected chi connectivity index (χ2v) is 4.83. The Balaban J connectivity index is 1.94. The summed E-state index contributed by atoms with van der Waals surface area (Å²) < 4.78 is 0. The van der Waals surface area contributed by atoms with Crippen LogP contribution in [0.5, 0.6) is 0 Å². The lowest BCUT2D eigenvalue weighted by Gasteiger charge is -2.38. The van der Waals surface area contributed by atoms with Crippen LogP contribution in [0.3, 0.4) is 0 Å². The number of nitrogen functional groups attached to an aromatic ring is 1. The third-order valence-corrected chi connectivity index (χ3v) is 3.77. The highest BCUT2D eigenvalue weighted by Crippen LogP contribution is 2.40. The number of rotatable bonds is 1. The van der Waals surface area contributed by atoms with Gasteiger partial charge in [0.25, 0.3) is 0 Å². The topological polar surface area (TPSA) is 62.4 Å². The van der Waals surface area contributed by atoms with E-state index in [1.165, 1.54) is 0 Å². The quantitative estimate of drug-likeness (QED) is 0.744. The molecule has 86 valence electrons. The van der Waals surface area contributed by atoms with Gasteiger partial charge in [0.2, 0.25) is 0 Å². The van der Waals surface area contributed by atoms with Crippen LogP contribution in [0.4, 0.5) is 11.5 Å². The first-order valence-corrected chi connectivity index (χ1v) is 5.92. The molecular formula is C12H17N3O. The van der Waals surface area contributed by atoms with Crippen molar-refractivity contribution in [2.75, 3.05) is 10.6 Å². The molecule has 3 N–H and O–H groups in total. The lowest BCUT2D eigenvalue weighted by atomic mass is 10.00. The Bertz CT molecular complexity index is 382. The molecule has 2 unspecified atom stereocenters. The largest absolute Gasteiger partial charge is 0.396 e. The second-order valence-electron chi connectivity index (χ2n) is 4.83. The fourth-order valence-electron chi connectivity index (χ4n) is 3.12. The zero-order valence-corrected chi connectivity index (χ0v) is 9.21. The van der Waals surface area contributed by atoms with Crippen LogP contribution in [0.2, 0.25) is 0 Å². The molecule has 0 amide bonds. The van der Waals surface area contributed by atoms with Crippen molar-refractivity contribution in [2.45, 2.75) is 43.9 Å². The molecule has 3 rings (SSSR count). The predicted molar refractivity (Wildman–Crippen MR) is 63.2 cm³/mol. The molecule has 4 nitrogen and oxygen atoms in total. The van der Waals surface area contributed by atoms with Crippen molar-refractivity contribution < 1.29 is 5.11 Å². The zero-order valence-electron chi connectivity index (χ0n) is 9.21. The summed E-state index contributed by atoms with van der Waals surface area (Å²) in [5.74, 6) is 0.905. The molecule has 0 aromatic carbocycles. The number of fused-ring (bicyclic) bond motifs is 2. The smallest absolute Gasteiger partial charge is 0.152 e. The van der Waals surface area contributed by atoms with Gasteiger partial charge in [0.05, 0.1) is 11.8 Å². The highest BCUT2D eigenvalue weighted by atomic mass is 16.3. The standard InChI is InChI=1S/C12H17N3O/c13-11-2-1-5-14-12(11)15-8-3-4-9(15)7-10(16)6-8/h1-2,5,8-10,16H,3-4,6-7,13H2. The average Bonchev–Trinajstić information content (AvgIpc) is 2.53. The number of aliphatic hydroxyl groups excluding tert-OH is 1. The van der Waals surface area contributed by atoms with Crippen molar-refractivity contribution in [1.82, 2.24) is 4.98 Å². The molecule has 0 saturated carbocycles. The second kappa shape index (κ2) is 3.63. The Morgan fingerprint density at radius 3 is 2.62 bits per heavy atom. The lowest BCUT2D eigenvalue weighted by Crippen LogP contribution is -2.45. The summed E-state index contributed by atoms with van der Waals surface area (Å²) in [5.41, 5.74) is 6.72. The van der Waals surface area contributed by atoms with E-state index in [0.29, 0.717) is 12.1 Å². The monoisotopic (exact) mass is 219 g/mol. The maximum atomic E-state index is 9.75. The minimum atomic E-state index is -0.140. The Labute approximate surface area is 95.1 Å². The number of anilines is 2. The highest BCUT2D eigenvalue weighted by Gasteiger charge is 2.41. The predicted octanol–water partition coefficient (Wildman–Crippen LogP) is 1.16. The van der Waals surface area contributed by atoms with Crippen LogP contribution in [0.15, 0.2) is 18.3 Å². The molecule has 3 heterocycles. The summed E-state index contributed by atoms with van der Waals surface area (Å²) in [5, 5.41) is 9.75. The first-order chi connectivity index (χ1) is 7.75. The van der Waals surface area contributed by atoms with Gasteiger partial charge in [0.15, 0.2) is 5.82 Å². The summed E-state index contributed by atoms with van der Waals surface area (Å²) >= 11 is 0. The van der Waals surface area contributed by atoms with E-state index in [4.69, 9.17) is 5.73 Å². The number of piperidine rings is 1. The van der Waals surface area contributed by atoms with E-state index in [1.54, 1.807) is 6.20 Å². The van der Waals surface area contributed by atoms with Crippen molar-refractivity contribution in [2.24, 2.45) is 0 Å². The molecule has 1 aromatic rings. The van der Waals surface area contributed by atoms with Crippen LogP contribution < -0.4 is 10.6 Å². The van der Waals surface area contributed by atoms with Crippen LogP contribution >= 0.6 is 0 Å². The van der Waals surface area contributed by atoms with Crippen LogP contribution in [0.1, 0.15) is 25.7 Å². The Morgan fingerprint density at radius 2 is 2.00 bits per heavy atom. The van der Waals surface area contributed by atoms with Crippen LogP contribution in [0.25, 0.3) is 0 Å². The SMILES string of the molecule is Nc1cccnc1N1C2CCC1CC(O)C2. The molecule has 0 radical (unpaired) electrons. The molecule has 0 aliphatic carbocycles. The van der Waals surface area contributed by atoms with Gasteiger partial charge < -0.3 is 15.7 Å². The summed E-state index contributed by atoms with van der Waals surface area (Å²) in [6, 6.07) is 4.60. The van der Waals surface area contributed by atoms with Gasteiger partial charge in [-0.15, -0.1) is 0 Å². The molecule has 2 aliphatic heterocycles. The minimum absolute atomic E-state index is 0.140. The molecule has 2 fully saturated rings. The maximum Gasteiger partial charge on any atom is 0.152 e.